The lowest BCUT2D eigenvalue weighted by Gasteiger charge is -2.23. The van der Waals surface area contributed by atoms with Crippen LogP contribution >= 0.6 is 15.9 Å². The Morgan fingerprint density at radius 3 is 2.87 bits per heavy atom. The van der Waals surface area contributed by atoms with Crippen LogP contribution in [-0.2, 0) is 4.79 Å². The van der Waals surface area contributed by atoms with Gasteiger partial charge in [0.2, 0.25) is 5.91 Å². The van der Waals surface area contributed by atoms with Gasteiger partial charge in [-0.2, -0.15) is 0 Å². The monoisotopic (exact) mass is 376 g/mol. The third-order valence-electron chi connectivity index (χ3n) is 3.93. The second kappa shape index (κ2) is 6.07. The number of carbonyl (C=O) groups is 1. The third-order valence-corrected chi connectivity index (χ3v) is 4.43. The first kappa shape index (κ1) is 16.2. The lowest BCUT2D eigenvalue weighted by atomic mass is 10.0. The largest absolute Gasteiger partial charge is 0.355 e. The van der Waals surface area contributed by atoms with Crippen LogP contribution in [0.3, 0.4) is 0 Å². The molecular weight excluding hydrogens is 356 g/mol. The summed E-state index contributed by atoms with van der Waals surface area (Å²) in [4.78, 5) is 23.3. The van der Waals surface area contributed by atoms with Crippen LogP contribution in [0.25, 0.3) is 10.9 Å². The number of nitrogens with zero attached hydrogens (tertiary/aromatic N) is 3. The molecule has 0 spiro atoms. The van der Waals surface area contributed by atoms with Crippen LogP contribution in [0.1, 0.15) is 27.2 Å². The van der Waals surface area contributed by atoms with E-state index in [4.69, 9.17) is 0 Å². The van der Waals surface area contributed by atoms with Gasteiger partial charge in [-0.15, -0.1) is 0 Å². The van der Waals surface area contributed by atoms with Crippen molar-refractivity contribution >= 4 is 38.6 Å². The highest BCUT2D eigenvalue weighted by Crippen LogP contribution is 2.30. The number of hydrogen-bond acceptors (Lipinski definition) is 4. The van der Waals surface area contributed by atoms with E-state index in [0.29, 0.717) is 6.54 Å². The highest BCUT2D eigenvalue weighted by atomic mass is 79.9. The first-order valence-electron chi connectivity index (χ1n) is 7.81. The molecule has 23 heavy (non-hydrogen) atoms. The Hall–Kier alpha value is -1.69. The van der Waals surface area contributed by atoms with Gasteiger partial charge in [-0.05, 0) is 45.4 Å². The lowest BCUT2D eigenvalue weighted by molar-refractivity contribution is -0.125. The molecule has 1 fully saturated rings. The molecule has 2 aromatic rings. The first-order valence-corrected chi connectivity index (χ1v) is 8.60. The Balaban J connectivity index is 1.82. The molecule has 1 aliphatic heterocycles. The summed E-state index contributed by atoms with van der Waals surface area (Å²) >= 11 is 3.51. The van der Waals surface area contributed by atoms with E-state index >= 15 is 0 Å². The summed E-state index contributed by atoms with van der Waals surface area (Å²) in [7, 11) is 0. The molecule has 0 aliphatic carbocycles. The molecule has 3 rings (SSSR count). The molecule has 1 aromatic heterocycles. The standard InChI is InChI=1S/C17H21BrN4O/c1-17(2,3)21-16(23)11-6-7-22(9-11)15-13-8-12(18)4-5-14(13)19-10-20-15/h4-5,8,10-11H,6-7,9H2,1-3H3,(H,21,23). The van der Waals surface area contributed by atoms with E-state index in [1.54, 1.807) is 6.33 Å². The topological polar surface area (TPSA) is 58.1 Å². The smallest absolute Gasteiger partial charge is 0.225 e. The zero-order chi connectivity index (χ0) is 16.6. The Kier molecular flexibility index (Phi) is 4.27. The number of amides is 1. The maximum atomic E-state index is 12.4. The second-order valence-electron chi connectivity index (χ2n) is 7.03. The van der Waals surface area contributed by atoms with E-state index in [2.05, 4.69) is 36.1 Å². The number of rotatable bonds is 2. The maximum Gasteiger partial charge on any atom is 0.225 e. The van der Waals surface area contributed by atoms with Crippen LogP contribution in [0, 0.1) is 5.92 Å². The van der Waals surface area contributed by atoms with Crippen molar-refractivity contribution in [3.8, 4) is 0 Å². The Morgan fingerprint density at radius 2 is 2.13 bits per heavy atom. The number of hydrogen-bond donors (Lipinski definition) is 1. The van der Waals surface area contributed by atoms with Crippen LogP contribution in [0.4, 0.5) is 5.82 Å². The van der Waals surface area contributed by atoms with E-state index < -0.39 is 0 Å². The fourth-order valence-corrected chi connectivity index (χ4v) is 3.27. The van der Waals surface area contributed by atoms with E-state index in [1.165, 1.54) is 0 Å². The average Bonchev–Trinajstić information content (AvgIpc) is 2.94. The average molecular weight is 377 g/mol. The summed E-state index contributed by atoms with van der Waals surface area (Å²) in [6, 6.07) is 5.99. The van der Waals surface area contributed by atoms with Crippen LogP contribution in [0.5, 0.6) is 0 Å². The summed E-state index contributed by atoms with van der Waals surface area (Å²) in [5.74, 6) is 1.04. The third kappa shape index (κ3) is 3.63. The molecule has 1 atom stereocenters. The van der Waals surface area contributed by atoms with Crippen LogP contribution in [0.2, 0.25) is 0 Å². The molecule has 1 N–H and O–H groups in total. The van der Waals surface area contributed by atoms with E-state index in [1.807, 2.05) is 39.0 Å². The van der Waals surface area contributed by atoms with Crippen molar-refractivity contribution in [2.45, 2.75) is 32.7 Å². The fraction of sp³-hybridized carbons (Fsp3) is 0.471. The molecule has 122 valence electrons. The normalized spacial score (nSPS) is 18.4. The van der Waals surface area contributed by atoms with Crippen molar-refractivity contribution < 1.29 is 4.79 Å². The minimum Gasteiger partial charge on any atom is -0.355 e. The quantitative estimate of drug-likeness (QED) is 0.874. The van der Waals surface area contributed by atoms with Crippen molar-refractivity contribution in [2.24, 2.45) is 5.92 Å². The molecule has 1 aliphatic rings. The second-order valence-corrected chi connectivity index (χ2v) is 7.95. The predicted octanol–water partition coefficient (Wildman–Crippen LogP) is 3.13. The van der Waals surface area contributed by atoms with E-state index in [0.717, 1.165) is 34.2 Å². The van der Waals surface area contributed by atoms with Crippen molar-refractivity contribution in [1.82, 2.24) is 15.3 Å². The molecule has 1 saturated heterocycles. The summed E-state index contributed by atoms with van der Waals surface area (Å²) in [6.07, 6.45) is 2.44. The van der Waals surface area contributed by atoms with Crippen LogP contribution < -0.4 is 10.2 Å². The zero-order valence-electron chi connectivity index (χ0n) is 13.6. The molecule has 1 aromatic carbocycles. The Morgan fingerprint density at radius 1 is 1.35 bits per heavy atom. The summed E-state index contributed by atoms with van der Waals surface area (Å²) in [6.45, 7) is 7.55. The number of halogens is 1. The Labute approximate surface area is 144 Å². The molecule has 2 heterocycles. The van der Waals surface area contributed by atoms with Gasteiger partial charge in [-0.25, -0.2) is 9.97 Å². The Bertz CT molecular complexity index is 741. The van der Waals surface area contributed by atoms with Crippen molar-refractivity contribution in [3.05, 3.63) is 29.0 Å². The van der Waals surface area contributed by atoms with Crippen molar-refractivity contribution in [1.29, 1.82) is 0 Å². The summed E-state index contributed by atoms with van der Waals surface area (Å²) < 4.78 is 1.00. The minimum absolute atomic E-state index is 0.00592. The molecular formula is C17H21BrN4O. The number of nitrogens with one attached hydrogen (secondary N) is 1. The molecule has 0 radical (unpaired) electrons. The maximum absolute atomic E-state index is 12.4. The highest BCUT2D eigenvalue weighted by Gasteiger charge is 2.31. The number of aromatic nitrogens is 2. The predicted molar refractivity (Wildman–Crippen MR) is 95.5 cm³/mol. The zero-order valence-corrected chi connectivity index (χ0v) is 15.2. The SMILES string of the molecule is CC(C)(C)NC(=O)C1CCN(c2ncnc3ccc(Br)cc23)C1. The molecule has 5 nitrogen and oxygen atoms in total. The van der Waals surface area contributed by atoms with Crippen LogP contribution in [-0.4, -0.2) is 34.5 Å². The summed E-state index contributed by atoms with van der Waals surface area (Å²) in [5.41, 5.74) is 0.720. The van der Waals surface area contributed by atoms with E-state index in [9.17, 15) is 4.79 Å². The number of carbonyl (C=O) groups excluding carboxylic acids is 1. The number of fused-ring (bicyclic) bond motifs is 1. The van der Waals surface area contributed by atoms with Gasteiger partial charge in [-0.3, -0.25) is 4.79 Å². The molecule has 1 amide bonds. The van der Waals surface area contributed by atoms with Gasteiger partial charge in [-0.1, -0.05) is 15.9 Å². The van der Waals surface area contributed by atoms with Gasteiger partial charge in [0.15, 0.2) is 0 Å². The highest BCUT2D eigenvalue weighted by molar-refractivity contribution is 9.10. The molecule has 1 unspecified atom stereocenters. The van der Waals surface area contributed by atoms with Gasteiger partial charge in [0, 0.05) is 28.5 Å². The molecule has 0 saturated carbocycles. The van der Waals surface area contributed by atoms with Gasteiger partial charge in [0.05, 0.1) is 11.4 Å². The van der Waals surface area contributed by atoms with E-state index in [-0.39, 0.29) is 17.4 Å². The van der Waals surface area contributed by atoms with Gasteiger partial charge < -0.3 is 10.2 Å². The van der Waals surface area contributed by atoms with Crippen molar-refractivity contribution in [2.75, 3.05) is 18.0 Å². The summed E-state index contributed by atoms with van der Waals surface area (Å²) in [5, 5.41) is 4.09. The molecule has 6 heteroatoms. The van der Waals surface area contributed by atoms with Gasteiger partial charge >= 0.3 is 0 Å². The lowest BCUT2D eigenvalue weighted by Crippen LogP contribution is -2.44. The van der Waals surface area contributed by atoms with Crippen LogP contribution in [0.15, 0.2) is 29.0 Å². The first-order chi connectivity index (χ1) is 10.8. The minimum atomic E-state index is -0.197. The fourth-order valence-electron chi connectivity index (χ4n) is 2.91. The van der Waals surface area contributed by atoms with Gasteiger partial charge in [0.1, 0.15) is 12.1 Å². The number of benzene rings is 1. The van der Waals surface area contributed by atoms with Gasteiger partial charge in [0.25, 0.3) is 0 Å². The number of anilines is 1. The van der Waals surface area contributed by atoms with Crippen molar-refractivity contribution in [3.63, 3.8) is 0 Å². The molecule has 0 bridgehead atoms.